The van der Waals surface area contributed by atoms with Crippen LogP contribution in [0.15, 0.2) is 89.7 Å². The first kappa shape index (κ1) is 20.6. The van der Waals surface area contributed by atoms with E-state index in [1.54, 1.807) is 15.4 Å². The van der Waals surface area contributed by atoms with Gasteiger partial charge in [-0.15, -0.1) is 0 Å². The molecule has 0 saturated carbocycles. The molecular weight excluding hydrogens is 396 g/mol. The van der Waals surface area contributed by atoms with Gasteiger partial charge < -0.3 is 9.80 Å². The molecule has 0 radical (unpaired) electrons. The van der Waals surface area contributed by atoms with Gasteiger partial charge in [-0.2, -0.15) is 0 Å². The van der Waals surface area contributed by atoms with E-state index in [0.717, 1.165) is 49.8 Å². The van der Waals surface area contributed by atoms with Gasteiger partial charge in [0.25, 0.3) is 5.56 Å². The molecule has 1 aliphatic rings. The molecule has 5 heteroatoms. The lowest BCUT2D eigenvalue weighted by Crippen LogP contribution is -3.27. The van der Waals surface area contributed by atoms with Crippen molar-refractivity contribution in [1.29, 1.82) is 0 Å². The van der Waals surface area contributed by atoms with Crippen molar-refractivity contribution in [2.45, 2.75) is 19.5 Å². The molecule has 0 atom stereocenters. The lowest BCUT2D eigenvalue weighted by atomic mass is 9.96. The Balaban J connectivity index is 1.32. The number of benzene rings is 2. The Morgan fingerprint density at radius 3 is 2.09 bits per heavy atom. The lowest BCUT2D eigenvalue weighted by Gasteiger charge is -2.35. The third kappa shape index (κ3) is 4.22. The number of hydrogen-bond donors (Lipinski definition) is 2. The number of fused-ring (bicyclic) bond motifs is 1. The highest BCUT2D eigenvalue weighted by atomic mass is 16.1. The van der Waals surface area contributed by atoms with Crippen molar-refractivity contribution in [3.63, 3.8) is 0 Å². The van der Waals surface area contributed by atoms with E-state index >= 15 is 0 Å². The van der Waals surface area contributed by atoms with Gasteiger partial charge in [-0.05, 0) is 19.1 Å². The largest absolute Gasteiger partial charge is 0.321 e. The van der Waals surface area contributed by atoms with Crippen molar-refractivity contribution >= 4 is 5.65 Å². The van der Waals surface area contributed by atoms with E-state index < -0.39 is 0 Å². The molecule has 1 fully saturated rings. The van der Waals surface area contributed by atoms with E-state index in [1.807, 2.05) is 25.1 Å². The summed E-state index contributed by atoms with van der Waals surface area (Å²) in [5.41, 5.74) is 5.31. The van der Waals surface area contributed by atoms with Gasteiger partial charge in [0, 0.05) is 22.9 Å². The second-order valence-corrected chi connectivity index (χ2v) is 8.79. The number of rotatable bonds is 5. The summed E-state index contributed by atoms with van der Waals surface area (Å²) >= 11 is 0. The van der Waals surface area contributed by atoms with E-state index in [4.69, 9.17) is 4.98 Å². The fourth-order valence-corrected chi connectivity index (χ4v) is 5.06. The fourth-order valence-electron chi connectivity index (χ4n) is 5.06. The van der Waals surface area contributed by atoms with E-state index in [1.165, 1.54) is 16.0 Å². The summed E-state index contributed by atoms with van der Waals surface area (Å²) in [6.45, 7) is 7.07. The molecule has 2 aromatic heterocycles. The van der Waals surface area contributed by atoms with Crippen molar-refractivity contribution in [3.05, 3.63) is 118 Å². The van der Waals surface area contributed by atoms with E-state index in [-0.39, 0.29) is 5.56 Å². The minimum atomic E-state index is 0.0139. The molecule has 0 aliphatic carbocycles. The molecule has 0 bridgehead atoms. The highest BCUT2D eigenvalue weighted by Crippen LogP contribution is 2.18. The second kappa shape index (κ2) is 9.07. The minimum absolute atomic E-state index is 0.0139. The molecule has 5 rings (SSSR count). The normalized spacial score (nSPS) is 18.8. The standard InChI is InChI=1S/C27H28N4O/c1-21-9-8-14-25-28-24(19-26(32)31(21)25)20-29-15-17-30(18-16-29)27(22-10-4-2-5-11-22)23-12-6-3-7-13-23/h2-14,19,27H,15-18,20H2,1H3/p+2. The van der Waals surface area contributed by atoms with Crippen LogP contribution in [0.4, 0.5) is 0 Å². The SMILES string of the molecule is Cc1cccc2nc(C[NH+]3CC[NH+](C(c4ccccc4)c4ccccc4)CC3)cc(=O)n12. The van der Waals surface area contributed by atoms with Crippen molar-refractivity contribution < 1.29 is 9.80 Å². The summed E-state index contributed by atoms with van der Waals surface area (Å²) in [7, 11) is 0. The molecule has 162 valence electrons. The molecule has 3 heterocycles. The molecule has 4 aromatic rings. The highest BCUT2D eigenvalue weighted by Gasteiger charge is 2.31. The van der Waals surface area contributed by atoms with Crippen LogP contribution in [0.25, 0.3) is 5.65 Å². The van der Waals surface area contributed by atoms with Gasteiger partial charge in [0.15, 0.2) is 0 Å². The zero-order chi connectivity index (χ0) is 21.9. The predicted molar refractivity (Wildman–Crippen MR) is 126 cm³/mol. The van der Waals surface area contributed by atoms with E-state index in [2.05, 4.69) is 60.7 Å². The first-order valence-corrected chi connectivity index (χ1v) is 11.5. The second-order valence-electron chi connectivity index (χ2n) is 8.79. The number of quaternary nitrogens is 2. The Morgan fingerprint density at radius 2 is 1.47 bits per heavy atom. The zero-order valence-corrected chi connectivity index (χ0v) is 18.5. The Hall–Kier alpha value is -3.28. The summed E-state index contributed by atoms with van der Waals surface area (Å²) < 4.78 is 1.69. The molecular formula is C27H30N4O+2. The number of aryl methyl sites for hydroxylation is 1. The van der Waals surface area contributed by atoms with Crippen LogP contribution in [-0.4, -0.2) is 35.6 Å². The van der Waals surface area contributed by atoms with Crippen molar-refractivity contribution in [1.82, 2.24) is 9.38 Å². The first-order chi connectivity index (χ1) is 15.7. The molecule has 0 spiro atoms. The number of piperazine rings is 1. The number of nitrogens with one attached hydrogen (secondary N) is 2. The molecule has 0 amide bonds. The molecule has 5 nitrogen and oxygen atoms in total. The zero-order valence-electron chi connectivity index (χ0n) is 18.5. The number of pyridine rings is 1. The van der Waals surface area contributed by atoms with Crippen molar-refractivity contribution in [2.24, 2.45) is 0 Å². The van der Waals surface area contributed by atoms with Gasteiger partial charge in [0.2, 0.25) is 0 Å². The predicted octanol–water partition coefficient (Wildman–Crippen LogP) is 1.08. The molecule has 2 N–H and O–H groups in total. The third-order valence-electron chi connectivity index (χ3n) is 6.64. The van der Waals surface area contributed by atoms with Gasteiger partial charge >= 0.3 is 0 Å². The first-order valence-electron chi connectivity index (χ1n) is 11.5. The number of aromatic nitrogens is 2. The molecule has 2 aromatic carbocycles. The van der Waals surface area contributed by atoms with E-state index in [9.17, 15) is 4.79 Å². The van der Waals surface area contributed by atoms with Crippen LogP contribution in [0.3, 0.4) is 0 Å². The maximum atomic E-state index is 12.6. The average molecular weight is 427 g/mol. The Morgan fingerprint density at radius 1 is 0.844 bits per heavy atom. The maximum absolute atomic E-state index is 12.6. The van der Waals surface area contributed by atoms with Gasteiger partial charge in [-0.3, -0.25) is 9.20 Å². The smallest absolute Gasteiger partial charge is 0.258 e. The van der Waals surface area contributed by atoms with Crippen molar-refractivity contribution in [2.75, 3.05) is 26.2 Å². The molecule has 32 heavy (non-hydrogen) atoms. The minimum Gasteiger partial charge on any atom is -0.321 e. The molecule has 0 unspecified atom stereocenters. The quantitative estimate of drug-likeness (QED) is 0.502. The Bertz CT molecular complexity index is 1210. The van der Waals surface area contributed by atoms with Crippen LogP contribution < -0.4 is 15.4 Å². The summed E-state index contributed by atoms with van der Waals surface area (Å²) in [5.74, 6) is 0. The monoisotopic (exact) mass is 426 g/mol. The van der Waals surface area contributed by atoms with Gasteiger partial charge in [-0.25, -0.2) is 4.98 Å². The molecule has 1 saturated heterocycles. The van der Waals surface area contributed by atoms with Crippen LogP contribution in [-0.2, 0) is 6.54 Å². The maximum Gasteiger partial charge on any atom is 0.258 e. The van der Waals surface area contributed by atoms with Gasteiger partial charge in [0.1, 0.15) is 50.1 Å². The summed E-state index contributed by atoms with van der Waals surface area (Å²) in [6, 6.07) is 29.6. The highest BCUT2D eigenvalue weighted by molar-refractivity contribution is 5.40. The number of nitrogens with zero attached hydrogens (tertiary/aromatic N) is 2. The van der Waals surface area contributed by atoms with Crippen molar-refractivity contribution in [3.8, 4) is 0 Å². The number of hydrogen-bond acceptors (Lipinski definition) is 2. The van der Waals surface area contributed by atoms with Gasteiger partial charge in [0.05, 0.1) is 0 Å². The topological polar surface area (TPSA) is 43.2 Å². The summed E-state index contributed by atoms with van der Waals surface area (Å²) in [4.78, 5) is 20.5. The van der Waals surface area contributed by atoms with Crippen LogP contribution in [0.1, 0.15) is 28.6 Å². The lowest BCUT2D eigenvalue weighted by molar-refractivity contribution is -1.03. The van der Waals surface area contributed by atoms with Crippen LogP contribution in [0.2, 0.25) is 0 Å². The fraction of sp³-hybridized carbons (Fsp3) is 0.259. The Kier molecular flexibility index (Phi) is 5.84. The third-order valence-corrected chi connectivity index (χ3v) is 6.64. The summed E-state index contributed by atoms with van der Waals surface area (Å²) in [6.07, 6.45) is 0. The van der Waals surface area contributed by atoms with Crippen LogP contribution >= 0.6 is 0 Å². The van der Waals surface area contributed by atoms with E-state index in [0.29, 0.717) is 6.04 Å². The average Bonchev–Trinajstić information content (AvgIpc) is 2.82. The van der Waals surface area contributed by atoms with Crippen LogP contribution in [0.5, 0.6) is 0 Å². The Labute approximate surface area is 188 Å². The van der Waals surface area contributed by atoms with Crippen LogP contribution in [0, 0.1) is 6.92 Å². The van der Waals surface area contributed by atoms with Gasteiger partial charge in [-0.1, -0.05) is 66.7 Å². The summed E-state index contributed by atoms with van der Waals surface area (Å²) in [5, 5.41) is 0. The molecule has 1 aliphatic heterocycles.